The Hall–Kier alpha value is -0.610. The molecule has 4 nitrogen and oxygen atoms in total. The lowest BCUT2D eigenvalue weighted by molar-refractivity contribution is -0.150. The number of hydrogen-bond acceptors (Lipinski definition) is 4. The zero-order valence-electron chi connectivity index (χ0n) is 12.4. The number of nitrogens with zero attached hydrogens (tertiary/aromatic N) is 1. The molecule has 1 heterocycles. The fraction of sp³-hybridized carbons (Fsp3) is 0.933. The summed E-state index contributed by atoms with van der Waals surface area (Å²) in [5.74, 6) is 1.60. The third kappa shape index (κ3) is 4.18. The fourth-order valence-corrected chi connectivity index (χ4v) is 3.28. The van der Waals surface area contributed by atoms with Gasteiger partial charge < -0.3 is 10.1 Å². The number of ether oxygens (including phenoxy) is 1. The van der Waals surface area contributed by atoms with E-state index in [2.05, 4.69) is 17.1 Å². The quantitative estimate of drug-likeness (QED) is 0.787. The highest BCUT2D eigenvalue weighted by molar-refractivity contribution is 5.76. The molecule has 0 aromatic heterocycles. The topological polar surface area (TPSA) is 41.6 Å². The van der Waals surface area contributed by atoms with E-state index < -0.39 is 0 Å². The Kier molecular flexibility index (Phi) is 5.64. The van der Waals surface area contributed by atoms with Crippen molar-refractivity contribution in [2.75, 3.05) is 32.8 Å². The Morgan fingerprint density at radius 1 is 1.32 bits per heavy atom. The van der Waals surface area contributed by atoms with Crippen LogP contribution in [0.5, 0.6) is 0 Å². The zero-order valence-corrected chi connectivity index (χ0v) is 12.4. The molecule has 1 aliphatic carbocycles. The molecule has 2 aliphatic rings. The molecular weight excluding hydrogens is 240 g/mol. The maximum absolute atomic E-state index is 12.0. The smallest absolute Gasteiger partial charge is 0.324 e. The SMILES string of the molecule is CCOC(=O)C1CNCCN1CC1CCC(C)CC1. The van der Waals surface area contributed by atoms with Crippen molar-refractivity contribution in [1.29, 1.82) is 0 Å². The van der Waals surface area contributed by atoms with E-state index in [-0.39, 0.29) is 12.0 Å². The van der Waals surface area contributed by atoms with Crippen LogP contribution in [0, 0.1) is 11.8 Å². The van der Waals surface area contributed by atoms with Crippen molar-refractivity contribution in [3.63, 3.8) is 0 Å². The van der Waals surface area contributed by atoms with Crippen LogP contribution in [0.2, 0.25) is 0 Å². The molecule has 0 radical (unpaired) electrons. The molecule has 2 rings (SSSR count). The Morgan fingerprint density at radius 2 is 2.05 bits per heavy atom. The molecule has 1 saturated heterocycles. The number of carbonyl (C=O) groups excluding carboxylic acids is 1. The lowest BCUT2D eigenvalue weighted by atomic mass is 9.82. The average Bonchev–Trinajstić information content (AvgIpc) is 2.42. The summed E-state index contributed by atoms with van der Waals surface area (Å²) in [4.78, 5) is 14.3. The number of piperazine rings is 1. The lowest BCUT2D eigenvalue weighted by Crippen LogP contribution is -2.56. The second kappa shape index (κ2) is 7.25. The van der Waals surface area contributed by atoms with E-state index in [0.717, 1.165) is 38.0 Å². The molecule has 110 valence electrons. The van der Waals surface area contributed by atoms with E-state index >= 15 is 0 Å². The molecule has 19 heavy (non-hydrogen) atoms. The minimum Gasteiger partial charge on any atom is -0.465 e. The second-order valence-corrected chi connectivity index (χ2v) is 6.09. The van der Waals surface area contributed by atoms with Crippen LogP contribution in [0.15, 0.2) is 0 Å². The predicted octanol–water partition coefficient (Wildman–Crippen LogP) is 1.65. The number of carbonyl (C=O) groups is 1. The molecule has 4 heteroatoms. The molecule has 0 amide bonds. The maximum atomic E-state index is 12.0. The summed E-state index contributed by atoms with van der Waals surface area (Å²) in [6, 6.07) is -0.0759. The summed E-state index contributed by atoms with van der Waals surface area (Å²) in [5, 5.41) is 3.31. The van der Waals surface area contributed by atoms with Crippen LogP contribution in [0.25, 0.3) is 0 Å². The second-order valence-electron chi connectivity index (χ2n) is 6.09. The van der Waals surface area contributed by atoms with Crippen molar-refractivity contribution in [2.24, 2.45) is 11.8 Å². The summed E-state index contributed by atoms with van der Waals surface area (Å²) in [7, 11) is 0. The molecular formula is C15H28N2O2. The lowest BCUT2D eigenvalue weighted by Gasteiger charge is -2.38. The van der Waals surface area contributed by atoms with Crippen LogP contribution in [0.4, 0.5) is 0 Å². The van der Waals surface area contributed by atoms with Gasteiger partial charge in [0.15, 0.2) is 0 Å². The van der Waals surface area contributed by atoms with Gasteiger partial charge in [0.2, 0.25) is 0 Å². The summed E-state index contributed by atoms with van der Waals surface area (Å²) in [6.07, 6.45) is 5.34. The van der Waals surface area contributed by atoms with Crippen LogP contribution < -0.4 is 5.32 Å². The van der Waals surface area contributed by atoms with E-state index in [9.17, 15) is 4.79 Å². The van der Waals surface area contributed by atoms with Gasteiger partial charge in [-0.05, 0) is 31.6 Å². The van der Waals surface area contributed by atoms with Crippen LogP contribution in [-0.4, -0.2) is 49.7 Å². The van der Waals surface area contributed by atoms with Gasteiger partial charge in [-0.2, -0.15) is 0 Å². The fourth-order valence-electron chi connectivity index (χ4n) is 3.28. The van der Waals surface area contributed by atoms with Crippen molar-refractivity contribution < 1.29 is 9.53 Å². The monoisotopic (exact) mass is 268 g/mol. The molecule has 1 N–H and O–H groups in total. The van der Waals surface area contributed by atoms with Gasteiger partial charge in [-0.1, -0.05) is 19.8 Å². The summed E-state index contributed by atoms with van der Waals surface area (Å²) in [6.45, 7) is 8.46. The van der Waals surface area contributed by atoms with Crippen LogP contribution in [0.1, 0.15) is 39.5 Å². The standard InChI is InChI=1S/C15H28N2O2/c1-3-19-15(18)14-10-16-8-9-17(14)11-13-6-4-12(2)5-7-13/h12-14,16H,3-11H2,1-2H3. The maximum Gasteiger partial charge on any atom is 0.324 e. The van der Waals surface area contributed by atoms with E-state index in [1.807, 2.05) is 6.92 Å². The zero-order chi connectivity index (χ0) is 13.7. The van der Waals surface area contributed by atoms with Gasteiger partial charge in [-0.3, -0.25) is 9.69 Å². The minimum atomic E-state index is -0.0759. The number of hydrogen-bond donors (Lipinski definition) is 1. The normalized spacial score (nSPS) is 33.1. The van der Waals surface area contributed by atoms with Crippen molar-refractivity contribution in [3.05, 3.63) is 0 Å². The Morgan fingerprint density at radius 3 is 2.74 bits per heavy atom. The van der Waals surface area contributed by atoms with Gasteiger partial charge >= 0.3 is 5.97 Å². The van der Waals surface area contributed by atoms with Crippen LogP contribution in [-0.2, 0) is 9.53 Å². The molecule has 0 aromatic rings. The van der Waals surface area contributed by atoms with Gasteiger partial charge in [0.1, 0.15) is 6.04 Å². The summed E-state index contributed by atoms with van der Waals surface area (Å²) >= 11 is 0. The molecule has 0 bridgehead atoms. The molecule has 1 aliphatic heterocycles. The van der Waals surface area contributed by atoms with Gasteiger partial charge in [-0.15, -0.1) is 0 Å². The highest BCUT2D eigenvalue weighted by atomic mass is 16.5. The Bertz CT molecular complexity index is 288. The number of nitrogens with one attached hydrogen (secondary N) is 1. The Labute approximate surface area is 116 Å². The average molecular weight is 268 g/mol. The molecule has 1 saturated carbocycles. The first kappa shape index (κ1) is 14.8. The van der Waals surface area contributed by atoms with E-state index in [1.165, 1.54) is 25.7 Å². The van der Waals surface area contributed by atoms with Gasteiger partial charge in [0.05, 0.1) is 6.61 Å². The molecule has 1 unspecified atom stereocenters. The van der Waals surface area contributed by atoms with Crippen LogP contribution >= 0.6 is 0 Å². The van der Waals surface area contributed by atoms with E-state index in [0.29, 0.717) is 6.61 Å². The first-order valence-corrected chi connectivity index (χ1v) is 7.82. The van der Waals surface area contributed by atoms with Gasteiger partial charge in [0.25, 0.3) is 0 Å². The molecule has 0 aromatic carbocycles. The van der Waals surface area contributed by atoms with E-state index in [1.54, 1.807) is 0 Å². The molecule has 2 fully saturated rings. The van der Waals surface area contributed by atoms with Crippen molar-refractivity contribution in [3.8, 4) is 0 Å². The van der Waals surface area contributed by atoms with Gasteiger partial charge in [-0.25, -0.2) is 0 Å². The third-order valence-corrected chi connectivity index (χ3v) is 4.54. The first-order chi connectivity index (χ1) is 9.20. The first-order valence-electron chi connectivity index (χ1n) is 7.82. The molecule has 0 spiro atoms. The highest BCUT2D eigenvalue weighted by Crippen LogP contribution is 2.29. The van der Waals surface area contributed by atoms with Crippen molar-refractivity contribution in [1.82, 2.24) is 10.2 Å². The largest absolute Gasteiger partial charge is 0.465 e. The summed E-state index contributed by atoms with van der Waals surface area (Å²) in [5.41, 5.74) is 0. The van der Waals surface area contributed by atoms with Crippen molar-refractivity contribution >= 4 is 5.97 Å². The minimum absolute atomic E-state index is 0.0566. The van der Waals surface area contributed by atoms with Crippen molar-refractivity contribution in [2.45, 2.75) is 45.6 Å². The number of esters is 1. The van der Waals surface area contributed by atoms with Crippen LogP contribution in [0.3, 0.4) is 0 Å². The molecule has 1 atom stereocenters. The highest BCUT2D eigenvalue weighted by Gasteiger charge is 2.31. The summed E-state index contributed by atoms with van der Waals surface area (Å²) < 4.78 is 5.20. The van der Waals surface area contributed by atoms with Gasteiger partial charge in [0, 0.05) is 26.2 Å². The van der Waals surface area contributed by atoms with E-state index in [4.69, 9.17) is 4.74 Å². The number of rotatable bonds is 4. The third-order valence-electron chi connectivity index (χ3n) is 4.54. The Balaban J connectivity index is 1.86. The predicted molar refractivity (Wildman–Crippen MR) is 76.0 cm³/mol.